The maximum Gasteiger partial charge on any atom is 0.254 e. The lowest BCUT2D eigenvalue weighted by molar-refractivity contribution is 0.0944. The molecule has 0 unspecified atom stereocenters. The second-order valence-electron chi connectivity index (χ2n) is 4.66. The van der Waals surface area contributed by atoms with Gasteiger partial charge >= 0.3 is 0 Å². The number of aromatic nitrogens is 1. The number of carbonyl (C=O) groups is 1. The molecule has 2 rings (SSSR count). The number of amides is 1. The molecule has 0 spiro atoms. The van der Waals surface area contributed by atoms with Crippen LogP contribution in [0.5, 0.6) is 0 Å². The molecule has 6 heteroatoms. The van der Waals surface area contributed by atoms with Crippen LogP contribution in [-0.4, -0.2) is 16.9 Å². The maximum atomic E-state index is 13.8. The highest BCUT2D eigenvalue weighted by molar-refractivity contribution is 6.08. The van der Waals surface area contributed by atoms with E-state index in [1.807, 2.05) is 0 Å². The Labute approximate surface area is 107 Å². The van der Waals surface area contributed by atoms with E-state index in [9.17, 15) is 18.0 Å². The summed E-state index contributed by atoms with van der Waals surface area (Å²) in [5.41, 5.74) is 0.0152. The van der Waals surface area contributed by atoms with Gasteiger partial charge < -0.3 is 10.3 Å². The molecule has 1 amide bonds. The number of carbonyl (C=O) groups excluding carboxylic acids is 1. The van der Waals surface area contributed by atoms with E-state index < -0.39 is 23.4 Å². The summed E-state index contributed by atoms with van der Waals surface area (Å²) in [7, 11) is 0. The van der Waals surface area contributed by atoms with Crippen molar-refractivity contribution in [3.63, 3.8) is 0 Å². The first-order valence-corrected chi connectivity index (χ1v) is 5.79. The molecule has 19 heavy (non-hydrogen) atoms. The van der Waals surface area contributed by atoms with E-state index in [0.29, 0.717) is 6.07 Å². The molecule has 0 radical (unpaired) electrons. The van der Waals surface area contributed by atoms with Crippen LogP contribution in [0.2, 0.25) is 0 Å². The van der Waals surface area contributed by atoms with E-state index in [1.54, 1.807) is 13.8 Å². The first kappa shape index (κ1) is 13.5. The minimum atomic E-state index is -1.32. The lowest BCUT2D eigenvalue weighted by atomic mass is 10.1. The van der Waals surface area contributed by atoms with E-state index in [-0.39, 0.29) is 28.2 Å². The zero-order chi connectivity index (χ0) is 14.3. The SMILES string of the molecule is Cc1[nH]c2c(F)cc(F)c(F)c2c1C(=O)NC(C)C. The van der Waals surface area contributed by atoms with Crippen LogP contribution in [0.15, 0.2) is 6.07 Å². The molecule has 2 N–H and O–H groups in total. The van der Waals surface area contributed by atoms with Crippen LogP contribution in [0.3, 0.4) is 0 Å². The van der Waals surface area contributed by atoms with Crippen molar-refractivity contribution in [1.82, 2.24) is 10.3 Å². The van der Waals surface area contributed by atoms with Gasteiger partial charge in [0.1, 0.15) is 5.82 Å². The molecular formula is C13H13F3N2O. The van der Waals surface area contributed by atoms with Gasteiger partial charge in [0.05, 0.1) is 16.5 Å². The quantitative estimate of drug-likeness (QED) is 0.809. The maximum absolute atomic E-state index is 13.8. The van der Waals surface area contributed by atoms with Crippen LogP contribution in [0.1, 0.15) is 29.9 Å². The molecule has 0 fully saturated rings. The Kier molecular flexibility index (Phi) is 3.26. The van der Waals surface area contributed by atoms with Gasteiger partial charge in [0.25, 0.3) is 5.91 Å². The van der Waals surface area contributed by atoms with Gasteiger partial charge in [-0.3, -0.25) is 4.79 Å². The van der Waals surface area contributed by atoms with Crippen molar-refractivity contribution in [2.45, 2.75) is 26.8 Å². The average Bonchev–Trinajstić information content (AvgIpc) is 2.63. The predicted molar refractivity (Wildman–Crippen MR) is 65.5 cm³/mol. The normalized spacial score (nSPS) is 11.3. The number of H-pyrrole nitrogens is 1. The first-order chi connectivity index (χ1) is 8.82. The third-order valence-corrected chi connectivity index (χ3v) is 2.76. The largest absolute Gasteiger partial charge is 0.355 e. The standard InChI is InChI=1S/C13H13F3N2O/c1-5(2)17-13(19)9-6(3)18-12-8(15)4-7(14)11(16)10(9)12/h4-5,18H,1-3H3,(H,17,19). The molecule has 0 aliphatic carbocycles. The third-order valence-electron chi connectivity index (χ3n) is 2.76. The Morgan fingerprint density at radius 1 is 1.26 bits per heavy atom. The van der Waals surface area contributed by atoms with Crippen LogP contribution >= 0.6 is 0 Å². The minimum Gasteiger partial charge on any atom is -0.355 e. The zero-order valence-corrected chi connectivity index (χ0v) is 10.7. The molecule has 2 aromatic rings. The Hall–Kier alpha value is -1.98. The molecule has 102 valence electrons. The highest BCUT2D eigenvalue weighted by Gasteiger charge is 2.24. The van der Waals surface area contributed by atoms with Crippen molar-refractivity contribution in [3.8, 4) is 0 Å². The van der Waals surface area contributed by atoms with Crippen LogP contribution in [0.4, 0.5) is 13.2 Å². The minimum absolute atomic E-state index is 0.0698. The molecule has 0 aliphatic heterocycles. The second-order valence-corrected chi connectivity index (χ2v) is 4.66. The lowest BCUT2D eigenvalue weighted by Crippen LogP contribution is -2.30. The highest BCUT2D eigenvalue weighted by Crippen LogP contribution is 2.28. The van der Waals surface area contributed by atoms with E-state index in [1.165, 1.54) is 6.92 Å². The van der Waals surface area contributed by atoms with Crippen LogP contribution in [-0.2, 0) is 0 Å². The number of aryl methyl sites for hydroxylation is 1. The van der Waals surface area contributed by atoms with Crippen LogP contribution < -0.4 is 5.32 Å². The molecule has 0 saturated carbocycles. The zero-order valence-electron chi connectivity index (χ0n) is 10.7. The van der Waals surface area contributed by atoms with Gasteiger partial charge in [-0.05, 0) is 20.8 Å². The first-order valence-electron chi connectivity index (χ1n) is 5.79. The molecule has 3 nitrogen and oxygen atoms in total. The Balaban J connectivity index is 2.74. The second kappa shape index (κ2) is 4.60. The van der Waals surface area contributed by atoms with E-state index >= 15 is 0 Å². The summed E-state index contributed by atoms with van der Waals surface area (Å²) in [6.45, 7) is 4.98. The Morgan fingerprint density at radius 2 is 1.89 bits per heavy atom. The number of hydrogen-bond acceptors (Lipinski definition) is 1. The summed E-state index contributed by atoms with van der Waals surface area (Å²) in [6.07, 6.45) is 0. The number of hydrogen-bond donors (Lipinski definition) is 2. The number of halogens is 3. The smallest absolute Gasteiger partial charge is 0.254 e. The van der Waals surface area contributed by atoms with Gasteiger partial charge in [0.15, 0.2) is 11.6 Å². The van der Waals surface area contributed by atoms with Gasteiger partial charge in [-0.2, -0.15) is 0 Å². The molecule has 0 saturated heterocycles. The van der Waals surface area contributed by atoms with Crippen molar-refractivity contribution in [3.05, 3.63) is 34.8 Å². The number of nitrogens with one attached hydrogen (secondary N) is 2. The van der Waals surface area contributed by atoms with Gasteiger partial charge in [0.2, 0.25) is 0 Å². The van der Waals surface area contributed by atoms with Gasteiger partial charge in [-0.1, -0.05) is 0 Å². The summed E-state index contributed by atoms with van der Waals surface area (Å²) >= 11 is 0. The van der Waals surface area contributed by atoms with Crippen molar-refractivity contribution >= 4 is 16.8 Å². The Bertz CT molecular complexity index is 662. The number of fused-ring (bicyclic) bond motifs is 1. The summed E-state index contributed by atoms with van der Waals surface area (Å²) in [5.74, 6) is -4.04. The Morgan fingerprint density at radius 3 is 2.47 bits per heavy atom. The molecule has 1 aromatic carbocycles. The number of rotatable bonds is 2. The monoisotopic (exact) mass is 270 g/mol. The fraction of sp³-hybridized carbons (Fsp3) is 0.308. The summed E-state index contributed by atoms with van der Waals surface area (Å²) < 4.78 is 40.6. The van der Waals surface area contributed by atoms with Crippen molar-refractivity contribution < 1.29 is 18.0 Å². The molecular weight excluding hydrogens is 257 g/mol. The number of aromatic amines is 1. The molecule has 1 heterocycles. The lowest BCUT2D eigenvalue weighted by Gasteiger charge is -2.08. The molecule has 1 aromatic heterocycles. The van der Waals surface area contributed by atoms with Gasteiger partial charge in [-0.25, -0.2) is 13.2 Å². The summed E-state index contributed by atoms with van der Waals surface area (Å²) in [4.78, 5) is 14.6. The third kappa shape index (κ3) is 2.18. The van der Waals surface area contributed by atoms with E-state index in [0.717, 1.165) is 0 Å². The van der Waals surface area contributed by atoms with E-state index in [4.69, 9.17) is 0 Å². The van der Waals surface area contributed by atoms with E-state index in [2.05, 4.69) is 10.3 Å². The molecule has 0 bridgehead atoms. The highest BCUT2D eigenvalue weighted by atomic mass is 19.2. The summed E-state index contributed by atoms with van der Waals surface area (Å²) in [6, 6.07) is 0.288. The fourth-order valence-corrected chi connectivity index (χ4v) is 2.01. The van der Waals surface area contributed by atoms with Crippen LogP contribution in [0, 0.1) is 24.4 Å². The van der Waals surface area contributed by atoms with Crippen molar-refractivity contribution in [2.24, 2.45) is 0 Å². The fourth-order valence-electron chi connectivity index (χ4n) is 2.01. The van der Waals surface area contributed by atoms with Crippen molar-refractivity contribution in [2.75, 3.05) is 0 Å². The van der Waals surface area contributed by atoms with Gasteiger partial charge in [0, 0.05) is 17.8 Å². The molecule has 0 atom stereocenters. The van der Waals surface area contributed by atoms with Crippen LogP contribution in [0.25, 0.3) is 10.9 Å². The topological polar surface area (TPSA) is 44.9 Å². The van der Waals surface area contributed by atoms with Gasteiger partial charge in [-0.15, -0.1) is 0 Å². The van der Waals surface area contributed by atoms with Crippen molar-refractivity contribution in [1.29, 1.82) is 0 Å². The number of benzene rings is 1. The summed E-state index contributed by atoms with van der Waals surface area (Å²) in [5, 5.41) is 2.22. The molecule has 0 aliphatic rings. The average molecular weight is 270 g/mol. The predicted octanol–water partition coefficient (Wildman–Crippen LogP) is 3.03.